The molecule has 26 heavy (non-hydrogen) atoms. The molecule has 2 aromatic rings. The van der Waals surface area contributed by atoms with E-state index in [-0.39, 0.29) is 0 Å². The van der Waals surface area contributed by atoms with Gasteiger partial charge in [-0.3, -0.25) is 0 Å². The van der Waals surface area contributed by atoms with Crippen molar-refractivity contribution in [3.8, 4) is 11.5 Å². The van der Waals surface area contributed by atoms with E-state index in [1.54, 1.807) is 12.1 Å². The highest BCUT2D eigenvalue weighted by Crippen LogP contribution is 2.32. The van der Waals surface area contributed by atoms with Gasteiger partial charge < -0.3 is 25.0 Å². The first-order valence-electron chi connectivity index (χ1n) is 8.71. The van der Waals surface area contributed by atoms with Crippen molar-refractivity contribution in [1.29, 1.82) is 0 Å². The molecule has 0 bridgehead atoms. The normalized spacial score (nSPS) is 17.8. The maximum Gasteiger partial charge on any atom is 0.173 e. The molecule has 134 valence electrons. The molecule has 0 amide bonds. The Balaban J connectivity index is 1.33. The highest BCUT2D eigenvalue weighted by molar-refractivity contribution is 7.80. The monoisotopic (exact) mass is 367 g/mol. The summed E-state index contributed by atoms with van der Waals surface area (Å²) in [6.45, 7) is 4.10. The molecule has 0 radical (unpaired) electrons. The second-order valence-corrected chi connectivity index (χ2v) is 6.78. The number of nitrogens with one attached hydrogen (secondary N) is 1. The lowest BCUT2D eigenvalue weighted by molar-refractivity contribution is 0.383. The van der Waals surface area contributed by atoms with Crippen LogP contribution < -0.4 is 15.0 Å². The Labute approximate surface area is 158 Å². The zero-order valence-electron chi connectivity index (χ0n) is 14.4. The van der Waals surface area contributed by atoms with Gasteiger partial charge in [0.25, 0.3) is 0 Å². The van der Waals surface area contributed by atoms with E-state index in [1.165, 1.54) is 0 Å². The lowest BCUT2D eigenvalue weighted by Gasteiger charge is -2.37. The molecular weight excluding hydrogens is 346 g/mol. The van der Waals surface area contributed by atoms with Crippen LogP contribution in [0.3, 0.4) is 0 Å². The molecule has 0 saturated carbocycles. The number of hydrogen-bond acceptors (Lipinski definition) is 4. The fourth-order valence-electron chi connectivity index (χ4n) is 3.28. The molecule has 0 spiro atoms. The van der Waals surface area contributed by atoms with Gasteiger partial charge in [-0.05, 0) is 42.5 Å². The average molecular weight is 367 g/mol. The van der Waals surface area contributed by atoms with Gasteiger partial charge in [0.2, 0.25) is 0 Å². The first-order valence-corrected chi connectivity index (χ1v) is 9.12. The molecule has 1 fully saturated rings. The molecule has 4 rings (SSSR count). The van der Waals surface area contributed by atoms with Gasteiger partial charge in [0.15, 0.2) is 5.11 Å². The van der Waals surface area contributed by atoms with Gasteiger partial charge in [-0.2, -0.15) is 0 Å². The van der Waals surface area contributed by atoms with Crippen LogP contribution in [0.2, 0.25) is 0 Å². The Kier molecular flexibility index (Phi) is 4.67. The molecule has 2 heterocycles. The largest absolute Gasteiger partial charge is 0.508 e. The Hall–Kier alpha value is -2.73. The van der Waals surface area contributed by atoms with Crippen molar-refractivity contribution in [3.05, 3.63) is 60.3 Å². The number of ether oxygens (including phenoxy) is 1. The minimum absolute atomic E-state index is 0.295. The molecule has 2 aliphatic heterocycles. The van der Waals surface area contributed by atoms with E-state index >= 15 is 0 Å². The summed E-state index contributed by atoms with van der Waals surface area (Å²) in [5.41, 5.74) is 3.37. The van der Waals surface area contributed by atoms with Crippen molar-refractivity contribution < 1.29 is 9.84 Å². The smallest absolute Gasteiger partial charge is 0.173 e. The van der Waals surface area contributed by atoms with Gasteiger partial charge in [-0.15, -0.1) is 0 Å². The van der Waals surface area contributed by atoms with Crippen LogP contribution in [0.4, 0.5) is 5.69 Å². The summed E-state index contributed by atoms with van der Waals surface area (Å²) in [6, 6.07) is 15.4. The van der Waals surface area contributed by atoms with E-state index in [0.717, 1.165) is 53.9 Å². The first-order chi connectivity index (χ1) is 12.7. The number of thiocarbonyl (C=S) groups is 1. The van der Waals surface area contributed by atoms with E-state index in [0.29, 0.717) is 12.4 Å². The fourth-order valence-corrected chi connectivity index (χ4v) is 3.52. The fraction of sp³-hybridized carbons (Fsp3) is 0.250. The van der Waals surface area contributed by atoms with Crippen molar-refractivity contribution in [3.63, 3.8) is 0 Å². The molecule has 5 nitrogen and oxygen atoms in total. The molecule has 2 N–H and O–H groups in total. The molecule has 0 unspecified atom stereocenters. The van der Waals surface area contributed by atoms with Crippen LogP contribution in [-0.2, 0) is 0 Å². The van der Waals surface area contributed by atoms with Gasteiger partial charge in [-0.1, -0.05) is 18.2 Å². The number of rotatable bonds is 2. The van der Waals surface area contributed by atoms with E-state index < -0.39 is 0 Å². The standard InChI is InChI=1S/C20H21N3O2S/c24-17-7-5-16(6-8-17)22-9-11-23(12-10-22)20(26)21-13-15-14-25-19-4-2-1-3-18(15)19/h1-8,13,24H,9-12,14H2,(H,21,26)/b15-13-. The van der Waals surface area contributed by atoms with Crippen LogP contribution in [0.25, 0.3) is 5.57 Å². The van der Waals surface area contributed by atoms with Gasteiger partial charge in [0.1, 0.15) is 18.1 Å². The Bertz CT molecular complexity index is 827. The predicted octanol–water partition coefficient (Wildman–Crippen LogP) is 2.82. The second kappa shape index (κ2) is 7.25. The maximum absolute atomic E-state index is 9.41. The van der Waals surface area contributed by atoms with Crippen LogP contribution in [0, 0.1) is 0 Å². The van der Waals surface area contributed by atoms with Gasteiger partial charge in [0.05, 0.1) is 0 Å². The topological polar surface area (TPSA) is 48.0 Å². The summed E-state index contributed by atoms with van der Waals surface area (Å²) < 4.78 is 5.67. The van der Waals surface area contributed by atoms with E-state index in [1.807, 2.05) is 36.5 Å². The van der Waals surface area contributed by atoms with Crippen LogP contribution in [-0.4, -0.2) is 47.9 Å². The SMILES string of the molecule is Oc1ccc(N2CCN(C(=S)N/C=C3/COc4ccccc43)CC2)cc1. The minimum atomic E-state index is 0.295. The Morgan fingerprint density at radius 2 is 1.77 bits per heavy atom. The van der Waals surface area contributed by atoms with Crippen molar-refractivity contribution >= 4 is 28.6 Å². The summed E-state index contributed by atoms with van der Waals surface area (Å²) in [6.07, 6.45) is 1.96. The minimum Gasteiger partial charge on any atom is -0.508 e. The second-order valence-electron chi connectivity index (χ2n) is 6.39. The highest BCUT2D eigenvalue weighted by atomic mass is 32.1. The highest BCUT2D eigenvalue weighted by Gasteiger charge is 2.20. The molecule has 0 atom stereocenters. The number of benzene rings is 2. The molecule has 2 aliphatic rings. The number of anilines is 1. The maximum atomic E-state index is 9.41. The van der Waals surface area contributed by atoms with E-state index in [9.17, 15) is 5.11 Å². The average Bonchev–Trinajstić information content (AvgIpc) is 3.10. The zero-order valence-corrected chi connectivity index (χ0v) is 15.2. The molecule has 1 saturated heterocycles. The quantitative estimate of drug-likeness (QED) is 0.796. The number of nitrogens with zero attached hydrogens (tertiary/aromatic N) is 2. The number of phenols is 1. The molecule has 6 heteroatoms. The Morgan fingerprint density at radius 1 is 1.04 bits per heavy atom. The van der Waals surface area contributed by atoms with Crippen LogP contribution in [0.1, 0.15) is 5.56 Å². The summed E-state index contributed by atoms with van der Waals surface area (Å²) >= 11 is 5.56. The summed E-state index contributed by atoms with van der Waals surface area (Å²) in [5, 5.41) is 13.4. The summed E-state index contributed by atoms with van der Waals surface area (Å²) in [4.78, 5) is 4.49. The zero-order chi connectivity index (χ0) is 17.9. The summed E-state index contributed by atoms with van der Waals surface area (Å²) in [5.74, 6) is 1.22. The van der Waals surface area contributed by atoms with E-state index in [4.69, 9.17) is 17.0 Å². The first kappa shape index (κ1) is 16.7. The number of piperazine rings is 1. The number of hydrogen-bond donors (Lipinski definition) is 2. The van der Waals surface area contributed by atoms with Crippen molar-refractivity contribution in [2.45, 2.75) is 0 Å². The lowest BCUT2D eigenvalue weighted by Crippen LogP contribution is -2.51. The molecule has 0 aliphatic carbocycles. The van der Waals surface area contributed by atoms with Gasteiger partial charge in [0, 0.05) is 49.2 Å². The van der Waals surface area contributed by atoms with Gasteiger partial charge in [-0.25, -0.2) is 0 Å². The number of aromatic hydroxyl groups is 1. The molecule has 2 aromatic carbocycles. The van der Waals surface area contributed by atoms with Crippen LogP contribution >= 0.6 is 12.2 Å². The number of para-hydroxylation sites is 1. The molecular formula is C20H21N3O2S. The van der Waals surface area contributed by atoms with Crippen LogP contribution in [0.15, 0.2) is 54.7 Å². The number of fused-ring (bicyclic) bond motifs is 1. The van der Waals surface area contributed by atoms with Gasteiger partial charge >= 0.3 is 0 Å². The predicted molar refractivity (Wildman–Crippen MR) is 108 cm³/mol. The summed E-state index contributed by atoms with van der Waals surface area (Å²) in [7, 11) is 0. The van der Waals surface area contributed by atoms with E-state index in [2.05, 4.69) is 21.2 Å². The third-order valence-electron chi connectivity index (χ3n) is 4.77. The van der Waals surface area contributed by atoms with Crippen LogP contribution in [0.5, 0.6) is 11.5 Å². The third-order valence-corrected chi connectivity index (χ3v) is 5.14. The van der Waals surface area contributed by atoms with Crippen molar-refractivity contribution in [1.82, 2.24) is 10.2 Å². The van der Waals surface area contributed by atoms with Crippen molar-refractivity contribution in [2.24, 2.45) is 0 Å². The number of phenolic OH excluding ortho intramolecular Hbond substituents is 1. The Morgan fingerprint density at radius 3 is 2.54 bits per heavy atom. The third kappa shape index (κ3) is 3.46. The lowest BCUT2D eigenvalue weighted by atomic mass is 10.1. The van der Waals surface area contributed by atoms with Crippen molar-refractivity contribution in [2.75, 3.05) is 37.7 Å². The molecule has 0 aromatic heterocycles.